The smallest absolute Gasteiger partial charge is 0.413 e. The van der Waals surface area contributed by atoms with Crippen LogP contribution in [0.4, 0.5) is 10.6 Å². The molecule has 1 N–H and O–H groups in total. The van der Waals surface area contributed by atoms with Gasteiger partial charge in [0.1, 0.15) is 5.82 Å². The summed E-state index contributed by atoms with van der Waals surface area (Å²) in [5.41, 5.74) is 0.762. The van der Waals surface area contributed by atoms with Gasteiger partial charge in [-0.3, -0.25) is 5.32 Å². The molecule has 0 bridgehead atoms. The molecule has 0 aliphatic carbocycles. The molecule has 0 unspecified atom stereocenters. The van der Waals surface area contributed by atoms with E-state index in [9.17, 15) is 4.79 Å². The maximum atomic E-state index is 11.6. The van der Waals surface area contributed by atoms with Crippen LogP contribution in [-0.4, -0.2) is 36.2 Å². The standard InChI is InChI=1S/C14H21N3O3/c1-6-8-20-13(18)15-12-10-11(14(2,3)4)16-17(12)7-9-19-5/h1,10H,7-9H2,2-5H3,(H,15,18). The number of hydrogen-bond acceptors (Lipinski definition) is 4. The number of carbonyl (C=O) groups is 1. The van der Waals surface area contributed by atoms with Crippen LogP contribution in [0, 0.1) is 12.3 Å². The van der Waals surface area contributed by atoms with Crippen molar-refractivity contribution in [1.29, 1.82) is 0 Å². The SMILES string of the molecule is C#CCOC(=O)Nc1cc(C(C)(C)C)nn1CCOC. The first-order valence-corrected chi connectivity index (χ1v) is 6.33. The number of hydrogen-bond donors (Lipinski definition) is 1. The monoisotopic (exact) mass is 279 g/mol. The van der Waals surface area contributed by atoms with Crippen LogP contribution < -0.4 is 5.32 Å². The lowest BCUT2D eigenvalue weighted by molar-refractivity contribution is 0.174. The molecule has 1 rings (SSSR count). The van der Waals surface area contributed by atoms with E-state index in [4.69, 9.17) is 15.9 Å². The molecule has 1 aromatic rings. The molecule has 0 spiro atoms. The third-order valence-corrected chi connectivity index (χ3v) is 2.57. The highest BCUT2D eigenvalue weighted by atomic mass is 16.5. The predicted molar refractivity (Wildman–Crippen MR) is 76.6 cm³/mol. The third-order valence-electron chi connectivity index (χ3n) is 2.57. The molecule has 0 saturated carbocycles. The molecule has 0 aliphatic rings. The Labute approximate surface area is 119 Å². The van der Waals surface area contributed by atoms with Crippen molar-refractivity contribution in [3.05, 3.63) is 11.8 Å². The second-order valence-electron chi connectivity index (χ2n) is 5.29. The van der Waals surface area contributed by atoms with Gasteiger partial charge in [-0.25, -0.2) is 9.48 Å². The van der Waals surface area contributed by atoms with Crippen LogP contribution in [0.25, 0.3) is 0 Å². The van der Waals surface area contributed by atoms with Gasteiger partial charge in [0.05, 0.1) is 18.8 Å². The molecule has 0 aromatic carbocycles. The van der Waals surface area contributed by atoms with E-state index in [1.807, 2.05) is 6.07 Å². The number of nitrogens with zero attached hydrogens (tertiary/aromatic N) is 2. The Morgan fingerprint density at radius 3 is 2.80 bits per heavy atom. The molecule has 0 saturated heterocycles. The van der Waals surface area contributed by atoms with Gasteiger partial charge in [0.2, 0.25) is 0 Å². The van der Waals surface area contributed by atoms with Gasteiger partial charge < -0.3 is 9.47 Å². The minimum absolute atomic E-state index is 0.0653. The minimum Gasteiger partial charge on any atom is -0.436 e. The number of methoxy groups -OCH3 is 1. The van der Waals surface area contributed by atoms with E-state index in [1.165, 1.54) is 0 Å². The van der Waals surface area contributed by atoms with E-state index in [-0.39, 0.29) is 12.0 Å². The summed E-state index contributed by atoms with van der Waals surface area (Å²) in [6, 6.07) is 1.83. The number of amides is 1. The average molecular weight is 279 g/mol. The summed E-state index contributed by atoms with van der Waals surface area (Å²) in [6.07, 6.45) is 4.44. The summed E-state index contributed by atoms with van der Waals surface area (Å²) in [5, 5.41) is 7.11. The molecule has 1 amide bonds. The molecule has 1 aromatic heterocycles. The molecule has 110 valence electrons. The molecular weight excluding hydrogens is 258 g/mol. The van der Waals surface area contributed by atoms with Crippen molar-refractivity contribution in [2.45, 2.75) is 32.7 Å². The van der Waals surface area contributed by atoms with E-state index in [0.717, 1.165) is 5.69 Å². The lowest BCUT2D eigenvalue weighted by atomic mass is 9.92. The number of ether oxygens (including phenoxy) is 2. The fraction of sp³-hybridized carbons (Fsp3) is 0.571. The Balaban J connectivity index is 2.88. The van der Waals surface area contributed by atoms with Gasteiger partial charge in [-0.1, -0.05) is 26.7 Å². The molecule has 0 radical (unpaired) electrons. The van der Waals surface area contributed by atoms with Crippen molar-refractivity contribution in [1.82, 2.24) is 9.78 Å². The van der Waals surface area contributed by atoms with Gasteiger partial charge in [-0.15, -0.1) is 6.42 Å². The van der Waals surface area contributed by atoms with Gasteiger partial charge >= 0.3 is 6.09 Å². The zero-order valence-electron chi connectivity index (χ0n) is 12.4. The second kappa shape index (κ2) is 6.96. The molecule has 0 fully saturated rings. The highest BCUT2D eigenvalue weighted by Gasteiger charge is 2.20. The summed E-state index contributed by atoms with van der Waals surface area (Å²) >= 11 is 0. The molecule has 0 aliphatic heterocycles. The average Bonchev–Trinajstić information content (AvgIpc) is 2.77. The summed E-state index contributed by atoms with van der Waals surface area (Å²) in [4.78, 5) is 11.6. The van der Waals surface area contributed by atoms with E-state index in [0.29, 0.717) is 19.0 Å². The van der Waals surface area contributed by atoms with Gasteiger partial charge in [0, 0.05) is 18.6 Å². The summed E-state index contributed by atoms with van der Waals surface area (Å²) in [6.45, 7) is 7.13. The molecule has 20 heavy (non-hydrogen) atoms. The Morgan fingerprint density at radius 1 is 1.55 bits per heavy atom. The zero-order valence-corrected chi connectivity index (χ0v) is 12.4. The predicted octanol–water partition coefficient (Wildman–Crippen LogP) is 2.01. The number of carbonyl (C=O) groups excluding carboxylic acids is 1. The highest BCUT2D eigenvalue weighted by Crippen LogP contribution is 2.24. The maximum Gasteiger partial charge on any atom is 0.413 e. The van der Waals surface area contributed by atoms with Crippen LogP contribution in [0.5, 0.6) is 0 Å². The number of aromatic nitrogens is 2. The quantitative estimate of drug-likeness (QED) is 0.837. The van der Waals surface area contributed by atoms with E-state index >= 15 is 0 Å². The van der Waals surface area contributed by atoms with Crippen molar-refractivity contribution >= 4 is 11.9 Å². The van der Waals surface area contributed by atoms with Crippen molar-refractivity contribution in [3.63, 3.8) is 0 Å². The van der Waals surface area contributed by atoms with Crippen molar-refractivity contribution in [2.24, 2.45) is 0 Å². The number of anilines is 1. The van der Waals surface area contributed by atoms with Crippen LogP contribution in [0.3, 0.4) is 0 Å². The first-order valence-electron chi connectivity index (χ1n) is 6.33. The third kappa shape index (κ3) is 4.59. The Bertz CT molecular complexity index is 495. The summed E-state index contributed by atoms with van der Waals surface area (Å²) < 4.78 is 11.5. The fourth-order valence-corrected chi connectivity index (χ4v) is 1.48. The first-order chi connectivity index (χ1) is 9.38. The first kappa shape index (κ1) is 16.1. The van der Waals surface area contributed by atoms with Crippen molar-refractivity contribution in [3.8, 4) is 12.3 Å². The molecule has 0 atom stereocenters. The summed E-state index contributed by atoms with van der Waals surface area (Å²) in [7, 11) is 1.61. The Kier molecular flexibility index (Phi) is 5.59. The summed E-state index contributed by atoms with van der Waals surface area (Å²) in [5.74, 6) is 2.80. The number of terminal acetylenes is 1. The van der Waals surface area contributed by atoms with Crippen LogP contribution in [0.15, 0.2) is 6.07 Å². The van der Waals surface area contributed by atoms with Gasteiger partial charge in [-0.05, 0) is 0 Å². The van der Waals surface area contributed by atoms with Crippen molar-refractivity contribution < 1.29 is 14.3 Å². The lowest BCUT2D eigenvalue weighted by Crippen LogP contribution is -2.18. The van der Waals surface area contributed by atoms with E-state index in [1.54, 1.807) is 11.8 Å². The normalized spacial score (nSPS) is 10.9. The van der Waals surface area contributed by atoms with Crippen LogP contribution >= 0.6 is 0 Å². The maximum absolute atomic E-state index is 11.6. The van der Waals surface area contributed by atoms with Crippen LogP contribution in [-0.2, 0) is 21.4 Å². The largest absolute Gasteiger partial charge is 0.436 e. The lowest BCUT2D eigenvalue weighted by Gasteiger charge is -2.14. The molecule has 6 heteroatoms. The Morgan fingerprint density at radius 2 is 2.25 bits per heavy atom. The Hall–Kier alpha value is -2.00. The van der Waals surface area contributed by atoms with E-state index in [2.05, 4.69) is 37.1 Å². The number of nitrogens with one attached hydrogen (secondary N) is 1. The van der Waals surface area contributed by atoms with E-state index < -0.39 is 6.09 Å². The van der Waals surface area contributed by atoms with Crippen LogP contribution in [0.2, 0.25) is 0 Å². The molecule has 6 nitrogen and oxygen atoms in total. The topological polar surface area (TPSA) is 65.4 Å². The van der Waals surface area contributed by atoms with Gasteiger partial charge in [-0.2, -0.15) is 5.10 Å². The van der Waals surface area contributed by atoms with Gasteiger partial charge in [0.15, 0.2) is 6.61 Å². The fourth-order valence-electron chi connectivity index (χ4n) is 1.48. The van der Waals surface area contributed by atoms with Gasteiger partial charge in [0.25, 0.3) is 0 Å². The zero-order chi connectivity index (χ0) is 15.2. The second-order valence-corrected chi connectivity index (χ2v) is 5.29. The highest BCUT2D eigenvalue weighted by molar-refractivity contribution is 5.83. The van der Waals surface area contributed by atoms with Crippen molar-refractivity contribution in [2.75, 3.05) is 25.6 Å². The molecular formula is C14H21N3O3. The molecule has 1 heterocycles. The minimum atomic E-state index is -0.595. The van der Waals surface area contributed by atoms with Crippen LogP contribution in [0.1, 0.15) is 26.5 Å². The number of rotatable bonds is 5.